The number of nitrogens with zero attached hydrogens (tertiary/aromatic N) is 1. The Hall–Kier alpha value is -0.540. The molecule has 0 radical (unpaired) electrons. The fourth-order valence-corrected chi connectivity index (χ4v) is 1.01. The second kappa shape index (κ2) is 6.04. The lowest BCUT2D eigenvalue weighted by Crippen LogP contribution is -3.00. The number of hydrogen-bond donors (Lipinski definition) is 0. The van der Waals surface area contributed by atoms with Crippen molar-refractivity contribution in [3.05, 3.63) is 12.2 Å². The van der Waals surface area contributed by atoms with Crippen molar-refractivity contribution in [2.45, 2.75) is 26.5 Å². The maximum atomic E-state index is 11.2. The van der Waals surface area contributed by atoms with E-state index in [1.54, 1.807) is 6.92 Å². The van der Waals surface area contributed by atoms with Crippen molar-refractivity contribution < 1.29 is 26.4 Å². The highest BCUT2D eigenvalue weighted by atomic mass is 35.5. The van der Waals surface area contributed by atoms with Gasteiger partial charge in [-0.15, -0.1) is 0 Å². The van der Waals surface area contributed by atoms with E-state index >= 15 is 0 Å². The third-order valence-electron chi connectivity index (χ3n) is 1.80. The van der Waals surface area contributed by atoms with Crippen molar-refractivity contribution in [1.82, 2.24) is 0 Å². The molecule has 0 amide bonds. The molecule has 0 rings (SSSR count). The Bertz CT molecular complexity index is 209. The largest absolute Gasteiger partial charge is 1.00 e. The maximum absolute atomic E-state index is 11.2. The molecule has 0 aliphatic rings. The Labute approximate surface area is 92.7 Å². The van der Waals surface area contributed by atoms with Gasteiger partial charge in [-0.2, -0.15) is 0 Å². The van der Waals surface area contributed by atoms with Gasteiger partial charge in [0.05, 0.1) is 21.1 Å². The van der Waals surface area contributed by atoms with E-state index in [0.717, 1.165) is 6.42 Å². The Morgan fingerprint density at radius 3 is 2.07 bits per heavy atom. The van der Waals surface area contributed by atoms with Gasteiger partial charge < -0.3 is 17.1 Å². The highest BCUT2D eigenvalue weighted by Gasteiger charge is 2.25. The SMILES string of the molecule is C=C(C)C(=O)OC(CC)[N+](C)(C)C.[Cl-]. The summed E-state index contributed by atoms with van der Waals surface area (Å²) in [4.78, 5) is 11.2. The summed E-state index contributed by atoms with van der Waals surface area (Å²) in [5.41, 5.74) is 0.451. The van der Waals surface area contributed by atoms with E-state index in [-0.39, 0.29) is 24.6 Å². The van der Waals surface area contributed by atoms with Crippen LogP contribution >= 0.6 is 0 Å². The first-order valence-corrected chi connectivity index (χ1v) is 4.46. The van der Waals surface area contributed by atoms with E-state index in [1.807, 2.05) is 28.1 Å². The molecule has 0 bridgehead atoms. The van der Waals surface area contributed by atoms with Crippen LogP contribution < -0.4 is 12.4 Å². The lowest BCUT2D eigenvalue weighted by Gasteiger charge is -2.32. The predicted molar refractivity (Wildman–Crippen MR) is 53.0 cm³/mol. The van der Waals surface area contributed by atoms with Gasteiger partial charge in [0.1, 0.15) is 0 Å². The summed E-state index contributed by atoms with van der Waals surface area (Å²) in [6.45, 7) is 7.20. The van der Waals surface area contributed by atoms with Crippen molar-refractivity contribution in [2.75, 3.05) is 21.1 Å². The normalized spacial score (nSPS) is 12.6. The third-order valence-corrected chi connectivity index (χ3v) is 1.80. The lowest BCUT2D eigenvalue weighted by molar-refractivity contribution is -0.916. The molecule has 0 aromatic heterocycles. The molecule has 0 spiro atoms. The molecule has 0 saturated heterocycles. The molecule has 14 heavy (non-hydrogen) atoms. The van der Waals surface area contributed by atoms with Crippen LogP contribution in [0.3, 0.4) is 0 Å². The first-order chi connectivity index (χ1) is 5.79. The summed E-state index contributed by atoms with van der Waals surface area (Å²) in [7, 11) is 6.00. The van der Waals surface area contributed by atoms with Crippen molar-refractivity contribution in [1.29, 1.82) is 0 Å². The third kappa shape index (κ3) is 5.25. The zero-order chi connectivity index (χ0) is 10.6. The standard InChI is InChI=1S/C10H20NO2.ClH/c1-7-9(11(4,5)6)13-10(12)8(2)3;/h9H,2,7H2,1,3-6H3;1H/q+1;/p-1. The first kappa shape index (κ1) is 15.9. The van der Waals surface area contributed by atoms with Crippen LogP contribution in [0, 0.1) is 0 Å². The molecule has 0 N–H and O–H groups in total. The van der Waals surface area contributed by atoms with E-state index < -0.39 is 0 Å². The number of ether oxygens (including phenoxy) is 1. The van der Waals surface area contributed by atoms with Gasteiger partial charge in [0, 0.05) is 12.0 Å². The van der Waals surface area contributed by atoms with Crippen LogP contribution in [-0.4, -0.2) is 37.8 Å². The number of esters is 1. The minimum atomic E-state index is -0.306. The van der Waals surface area contributed by atoms with Gasteiger partial charge in [0.25, 0.3) is 0 Å². The van der Waals surface area contributed by atoms with Crippen LogP contribution in [0.15, 0.2) is 12.2 Å². The van der Waals surface area contributed by atoms with Gasteiger partial charge in [-0.05, 0) is 6.92 Å². The van der Waals surface area contributed by atoms with Crippen LogP contribution in [0.2, 0.25) is 0 Å². The average Bonchev–Trinajstić information content (AvgIpc) is 1.96. The maximum Gasteiger partial charge on any atom is 0.337 e. The highest BCUT2D eigenvalue weighted by molar-refractivity contribution is 5.86. The molecular formula is C10H20ClNO2. The summed E-state index contributed by atoms with van der Waals surface area (Å²) < 4.78 is 5.88. The summed E-state index contributed by atoms with van der Waals surface area (Å²) in [6.07, 6.45) is 0.715. The smallest absolute Gasteiger partial charge is 0.337 e. The van der Waals surface area contributed by atoms with Crippen molar-refractivity contribution in [2.24, 2.45) is 0 Å². The minimum absolute atomic E-state index is 0. The molecule has 0 aromatic rings. The molecule has 0 aliphatic heterocycles. The lowest BCUT2D eigenvalue weighted by atomic mass is 10.3. The second-order valence-corrected chi connectivity index (χ2v) is 4.16. The Balaban J connectivity index is 0. The van der Waals surface area contributed by atoms with Crippen molar-refractivity contribution in [3.8, 4) is 0 Å². The molecule has 0 heterocycles. The molecule has 1 unspecified atom stereocenters. The first-order valence-electron chi connectivity index (χ1n) is 4.46. The van der Waals surface area contributed by atoms with Crippen LogP contribution in [0.1, 0.15) is 20.3 Å². The second-order valence-electron chi connectivity index (χ2n) is 4.16. The summed E-state index contributed by atoms with van der Waals surface area (Å²) in [6, 6.07) is 0. The molecule has 0 fully saturated rings. The van der Waals surface area contributed by atoms with Gasteiger partial charge in [-0.25, -0.2) is 4.79 Å². The van der Waals surface area contributed by atoms with Crippen LogP contribution in [0.4, 0.5) is 0 Å². The Morgan fingerprint density at radius 1 is 1.43 bits per heavy atom. The molecule has 84 valence electrons. The number of rotatable bonds is 4. The zero-order valence-electron chi connectivity index (χ0n) is 9.63. The number of quaternary nitrogens is 1. The monoisotopic (exact) mass is 221 g/mol. The minimum Gasteiger partial charge on any atom is -1.00 e. The molecule has 0 aromatic carbocycles. The topological polar surface area (TPSA) is 26.3 Å². The van der Waals surface area contributed by atoms with Crippen LogP contribution in [0.25, 0.3) is 0 Å². The number of halogens is 1. The van der Waals surface area contributed by atoms with Gasteiger partial charge in [0.2, 0.25) is 6.23 Å². The van der Waals surface area contributed by atoms with E-state index in [1.165, 1.54) is 0 Å². The van der Waals surface area contributed by atoms with Gasteiger partial charge in [-0.1, -0.05) is 13.5 Å². The Kier molecular flexibility index (Phi) is 6.86. The average molecular weight is 222 g/mol. The molecular weight excluding hydrogens is 202 g/mol. The highest BCUT2D eigenvalue weighted by Crippen LogP contribution is 2.10. The molecule has 0 saturated carbocycles. The Morgan fingerprint density at radius 2 is 1.86 bits per heavy atom. The van der Waals surface area contributed by atoms with Crippen molar-refractivity contribution in [3.63, 3.8) is 0 Å². The van der Waals surface area contributed by atoms with Gasteiger partial charge in [-0.3, -0.25) is 4.48 Å². The molecule has 1 atom stereocenters. The van der Waals surface area contributed by atoms with E-state index in [4.69, 9.17) is 4.74 Å². The van der Waals surface area contributed by atoms with Crippen LogP contribution in [0.5, 0.6) is 0 Å². The van der Waals surface area contributed by atoms with E-state index in [9.17, 15) is 4.79 Å². The summed E-state index contributed by atoms with van der Waals surface area (Å²) >= 11 is 0. The van der Waals surface area contributed by atoms with Crippen molar-refractivity contribution >= 4 is 5.97 Å². The zero-order valence-corrected chi connectivity index (χ0v) is 10.4. The number of carbonyl (C=O) groups excluding carboxylic acids is 1. The van der Waals surface area contributed by atoms with Gasteiger partial charge >= 0.3 is 5.97 Å². The fourth-order valence-electron chi connectivity index (χ4n) is 1.01. The summed E-state index contributed by atoms with van der Waals surface area (Å²) in [5.74, 6) is -0.306. The van der Waals surface area contributed by atoms with E-state index in [2.05, 4.69) is 6.58 Å². The molecule has 0 aliphatic carbocycles. The fraction of sp³-hybridized carbons (Fsp3) is 0.700. The quantitative estimate of drug-likeness (QED) is 0.251. The molecule has 3 nitrogen and oxygen atoms in total. The van der Waals surface area contributed by atoms with E-state index in [0.29, 0.717) is 10.1 Å². The number of hydrogen-bond acceptors (Lipinski definition) is 2. The summed E-state index contributed by atoms with van der Waals surface area (Å²) in [5, 5.41) is 0. The number of carbonyl (C=O) groups is 1. The van der Waals surface area contributed by atoms with Gasteiger partial charge in [0.15, 0.2) is 0 Å². The van der Waals surface area contributed by atoms with Crippen LogP contribution in [-0.2, 0) is 9.53 Å². The predicted octanol–water partition coefficient (Wildman–Crippen LogP) is -1.45. The molecule has 4 heteroatoms.